The van der Waals surface area contributed by atoms with Gasteiger partial charge in [-0.05, 0) is 56.2 Å². The Morgan fingerprint density at radius 3 is 2.10 bits per heavy atom. The molecule has 0 aliphatic rings. The molecule has 4 N–H and O–H groups in total. The highest BCUT2D eigenvalue weighted by Gasteiger charge is 2.22. The van der Waals surface area contributed by atoms with Gasteiger partial charge < -0.3 is 16.4 Å². The molecule has 0 spiro atoms. The Labute approximate surface area is 174 Å². The Kier molecular flexibility index (Phi) is 5.68. The number of imidazole rings is 1. The summed E-state index contributed by atoms with van der Waals surface area (Å²) in [6, 6.07) is 10.8. The normalized spacial score (nSPS) is 10.5. The van der Waals surface area contributed by atoms with Crippen molar-refractivity contribution in [3.8, 4) is 5.69 Å². The number of nitrogens with two attached hydrogens (primary N) is 1. The fourth-order valence-corrected chi connectivity index (χ4v) is 3.50. The summed E-state index contributed by atoms with van der Waals surface area (Å²) in [6.07, 6.45) is 1.36. The van der Waals surface area contributed by atoms with E-state index in [9.17, 15) is 14.4 Å². The fraction of sp³-hybridized carbons (Fsp3) is 0.182. The maximum Gasteiger partial charge on any atom is 0.272 e. The van der Waals surface area contributed by atoms with Gasteiger partial charge in [0.25, 0.3) is 17.7 Å². The lowest BCUT2D eigenvalue weighted by Gasteiger charge is -2.12. The molecule has 0 saturated carbocycles. The molecule has 0 aliphatic carbocycles. The molecule has 30 heavy (non-hydrogen) atoms. The summed E-state index contributed by atoms with van der Waals surface area (Å²) in [5, 5.41) is 5.32. The molecule has 3 aromatic rings. The Morgan fingerprint density at radius 2 is 1.57 bits per heavy atom. The van der Waals surface area contributed by atoms with E-state index in [0.29, 0.717) is 16.9 Å². The first-order chi connectivity index (χ1) is 14.2. The van der Waals surface area contributed by atoms with Gasteiger partial charge in [0.1, 0.15) is 12.0 Å². The summed E-state index contributed by atoms with van der Waals surface area (Å²) in [4.78, 5) is 40.6. The van der Waals surface area contributed by atoms with E-state index < -0.39 is 11.8 Å². The molecule has 0 unspecified atom stereocenters. The molecule has 3 amide bonds. The monoisotopic (exact) mass is 405 g/mol. The third-order valence-electron chi connectivity index (χ3n) is 4.75. The number of amides is 3. The van der Waals surface area contributed by atoms with E-state index in [4.69, 9.17) is 5.73 Å². The van der Waals surface area contributed by atoms with Crippen LogP contribution in [-0.2, 0) is 0 Å². The van der Waals surface area contributed by atoms with Crippen molar-refractivity contribution < 1.29 is 14.4 Å². The number of nitrogens with one attached hydrogen (secondary N) is 2. The summed E-state index contributed by atoms with van der Waals surface area (Å²) in [5.74, 6) is -1.47. The molecular formula is C22H23N5O3. The molecule has 0 aliphatic heterocycles. The molecule has 0 saturated heterocycles. The van der Waals surface area contributed by atoms with E-state index in [0.717, 1.165) is 16.7 Å². The molecule has 0 radical (unpaired) electrons. The van der Waals surface area contributed by atoms with Gasteiger partial charge in [0.2, 0.25) is 0 Å². The summed E-state index contributed by atoms with van der Waals surface area (Å²) >= 11 is 0. The first-order valence-corrected chi connectivity index (χ1v) is 9.31. The highest BCUT2D eigenvalue weighted by Crippen LogP contribution is 2.21. The number of carbonyl (C=O) groups excluding carboxylic acids is 3. The number of carbonyl (C=O) groups is 3. The van der Waals surface area contributed by atoms with E-state index in [1.807, 2.05) is 32.9 Å². The Hall–Kier alpha value is -3.94. The molecule has 1 heterocycles. The molecule has 1 aromatic heterocycles. The SMILES string of the molecule is CNC(=O)c1ncn(-c2ccc(NC(=O)c3c(C)cc(C)cc3C)cc2)c1C(N)=O. The van der Waals surface area contributed by atoms with Crippen LogP contribution in [0.4, 0.5) is 5.69 Å². The first-order valence-electron chi connectivity index (χ1n) is 9.31. The van der Waals surface area contributed by atoms with Crippen LogP contribution in [-0.4, -0.2) is 34.3 Å². The van der Waals surface area contributed by atoms with Gasteiger partial charge in [0, 0.05) is 24.0 Å². The van der Waals surface area contributed by atoms with Crippen molar-refractivity contribution in [2.24, 2.45) is 5.73 Å². The third-order valence-corrected chi connectivity index (χ3v) is 4.75. The van der Waals surface area contributed by atoms with Crippen molar-refractivity contribution in [2.45, 2.75) is 20.8 Å². The van der Waals surface area contributed by atoms with Crippen molar-refractivity contribution >= 4 is 23.4 Å². The molecule has 0 fully saturated rings. The van der Waals surface area contributed by atoms with Crippen molar-refractivity contribution in [1.29, 1.82) is 0 Å². The minimum Gasteiger partial charge on any atom is -0.364 e. The number of hydrogen-bond donors (Lipinski definition) is 3. The molecule has 154 valence electrons. The number of hydrogen-bond acceptors (Lipinski definition) is 4. The highest BCUT2D eigenvalue weighted by molar-refractivity contribution is 6.06. The van der Waals surface area contributed by atoms with Crippen molar-refractivity contribution in [1.82, 2.24) is 14.9 Å². The lowest BCUT2D eigenvalue weighted by Crippen LogP contribution is -2.25. The smallest absolute Gasteiger partial charge is 0.272 e. The van der Waals surface area contributed by atoms with Gasteiger partial charge in [-0.2, -0.15) is 0 Å². The second kappa shape index (κ2) is 8.20. The molecule has 8 heteroatoms. The Balaban J connectivity index is 1.88. The van der Waals surface area contributed by atoms with Crippen LogP contribution in [0.15, 0.2) is 42.7 Å². The number of benzene rings is 2. The van der Waals surface area contributed by atoms with Gasteiger partial charge in [-0.25, -0.2) is 4.98 Å². The minimum atomic E-state index is -0.770. The average molecular weight is 405 g/mol. The molecule has 3 rings (SSSR count). The fourth-order valence-electron chi connectivity index (χ4n) is 3.50. The van der Waals surface area contributed by atoms with Crippen LogP contribution < -0.4 is 16.4 Å². The standard InChI is InChI=1S/C22H23N5O3/c1-12-9-13(2)17(14(3)10-12)21(29)26-15-5-7-16(8-6-15)27-11-25-18(22(30)24-4)19(27)20(23)28/h5-11H,1-4H3,(H2,23,28)(H,24,30)(H,26,29). The third kappa shape index (κ3) is 3.93. The van der Waals surface area contributed by atoms with E-state index in [2.05, 4.69) is 15.6 Å². The highest BCUT2D eigenvalue weighted by atomic mass is 16.2. The second-order valence-corrected chi connectivity index (χ2v) is 7.03. The number of primary amides is 1. The lowest BCUT2D eigenvalue weighted by molar-refractivity contribution is 0.0937. The molecule has 0 atom stereocenters. The number of nitrogens with zero attached hydrogens (tertiary/aromatic N) is 2. The van der Waals surface area contributed by atoms with E-state index in [1.165, 1.54) is 17.9 Å². The number of aromatic nitrogens is 2. The Morgan fingerprint density at radius 1 is 0.967 bits per heavy atom. The van der Waals surface area contributed by atoms with Crippen LogP contribution in [0.1, 0.15) is 48.0 Å². The van der Waals surface area contributed by atoms with Crippen LogP contribution in [0.2, 0.25) is 0 Å². The molecule has 8 nitrogen and oxygen atoms in total. The minimum absolute atomic E-state index is 0.0166. The lowest BCUT2D eigenvalue weighted by atomic mass is 9.99. The van der Waals surface area contributed by atoms with Gasteiger partial charge in [-0.1, -0.05) is 17.7 Å². The zero-order valence-corrected chi connectivity index (χ0v) is 17.2. The molecule has 2 aromatic carbocycles. The predicted octanol–water partition coefficient (Wildman–Crippen LogP) is 2.51. The zero-order chi connectivity index (χ0) is 22.0. The quantitative estimate of drug-likeness (QED) is 0.604. The summed E-state index contributed by atoms with van der Waals surface area (Å²) in [5.41, 5.74) is 10.1. The summed E-state index contributed by atoms with van der Waals surface area (Å²) < 4.78 is 1.44. The maximum atomic E-state index is 12.7. The zero-order valence-electron chi connectivity index (χ0n) is 17.2. The van der Waals surface area contributed by atoms with Crippen molar-refractivity contribution in [3.63, 3.8) is 0 Å². The number of rotatable bonds is 5. The maximum absolute atomic E-state index is 12.7. The largest absolute Gasteiger partial charge is 0.364 e. The van der Waals surface area contributed by atoms with E-state index in [1.54, 1.807) is 24.3 Å². The summed E-state index contributed by atoms with van der Waals surface area (Å²) in [7, 11) is 1.45. The van der Waals surface area contributed by atoms with Crippen molar-refractivity contribution in [3.05, 3.63) is 76.4 Å². The molecular weight excluding hydrogens is 382 g/mol. The van der Waals surface area contributed by atoms with Crippen molar-refractivity contribution in [2.75, 3.05) is 12.4 Å². The van der Waals surface area contributed by atoms with Gasteiger partial charge in [-0.3, -0.25) is 19.0 Å². The van der Waals surface area contributed by atoms with Crippen LogP contribution in [0.5, 0.6) is 0 Å². The first kappa shape index (κ1) is 20.8. The summed E-state index contributed by atoms with van der Waals surface area (Å²) in [6.45, 7) is 5.81. The van der Waals surface area contributed by atoms with Gasteiger partial charge >= 0.3 is 0 Å². The van der Waals surface area contributed by atoms with Gasteiger partial charge in [0.15, 0.2) is 5.69 Å². The van der Waals surface area contributed by atoms with Crippen LogP contribution in [0, 0.1) is 20.8 Å². The van der Waals surface area contributed by atoms with E-state index >= 15 is 0 Å². The Bertz CT molecular complexity index is 1120. The predicted molar refractivity (Wildman–Crippen MR) is 114 cm³/mol. The van der Waals surface area contributed by atoms with E-state index in [-0.39, 0.29) is 17.3 Å². The average Bonchev–Trinajstić information content (AvgIpc) is 3.12. The van der Waals surface area contributed by atoms with Crippen LogP contribution in [0.25, 0.3) is 5.69 Å². The van der Waals surface area contributed by atoms with Crippen LogP contribution >= 0.6 is 0 Å². The van der Waals surface area contributed by atoms with Gasteiger partial charge in [0.05, 0.1) is 0 Å². The molecule has 0 bridgehead atoms. The number of anilines is 1. The van der Waals surface area contributed by atoms with Gasteiger partial charge in [-0.15, -0.1) is 0 Å². The second-order valence-electron chi connectivity index (χ2n) is 7.03. The number of aryl methyl sites for hydroxylation is 3. The van der Waals surface area contributed by atoms with Crippen LogP contribution in [0.3, 0.4) is 0 Å². The topological polar surface area (TPSA) is 119 Å².